The third kappa shape index (κ3) is 5.68. The summed E-state index contributed by atoms with van der Waals surface area (Å²) in [6.07, 6.45) is -2.29. The van der Waals surface area contributed by atoms with Crippen LogP contribution in [0.3, 0.4) is 0 Å². The van der Waals surface area contributed by atoms with E-state index in [1.807, 2.05) is 0 Å². The molecule has 0 saturated heterocycles. The number of carboxylic acids is 3. The topological polar surface area (TPSA) is 132 Å². The van der Waals surface area contributed by atoms with Crippen molar-refractivity contribution < 1.29 is 90.5 Å². The van der Waals surface area contributed by atoms with Gasteiger partial charge in [0, 0.05) is 0 Å². The summed E-state index contributed by atoms with van der Waals surface area (Å²) in [7, 11) is 0. The first-order chi connectivity index (χ1) is 5.78. The summed E-state index contributed by atoms with van der Waals surface area (Å²) in [5.41, 5.74) is -2.74. The summed E-state index contributed by atoms with van der Waals surface area (Å²) in [6.45, 7) is 0. The molecule has 7 nitrogen and oxygen atoms in total. The first-order valence-electron chi connectivity index (χ1n) is 3.17. The molecule has 0 heterocycles. The van der Waals surface area contributed by atoms with E-state index in [1.165, 1.54) is 0 Å². The van der Waals surface area contributed by atoms with Gasteiger partial charge in [-0.1, -0.05) is 0 Å². The quantitative estimate of drug-likeness (QED) is 0.357. The molecule has 0 aliphatic rings. The third-order valence-corrected chi connectivity index (χ3v) is 1.29. The summed E-state index contributed by atoms with van der Waals surface area (Å²) >= 11 is 0. The van der Waals surface area contributed by atoms with Crippen LogP contribution in [0.1, 0.15) is 17.1 Å². The average Bonchev–Trinajstić information content (AvgIpc) is 1.82. The van der Waals surface area contributed by atoms with Crippen LogP contribution in [0.5, 0.6) is 0 Å². The number of carboxylic acid groups (broad SMARTS) is 3. The first-order valence-corrected chi connectivity index (χ1v) is 3.17. The van der Waals surface area contributed by atoms with Crippen LogP contribution < -0.4 is 51.4 Å². The minimum atomic E-state index is -2.74. The molecule has 0 aromatic carbocycles. The molecule has 0 amide bonds. The Morgan fingerprint density at radius 3 is 1.50 bits per heavy atom. The smallest absolute Gasteiger partial charge is 1.00 e. The molecule has 0 aromatic heterocycles. The minimum Gasteiger partial charge on any atom is -1.00 e. The summed E-state index contributed by atoms with van der Waals surface area (Å²) in [6, 6.07) is 0. The zero-order chi connectivity index (χ0) is 10.6. The van der Waals surface area contributed by atoms with Crippen LogP contribution in [-0.4, -0.2) is 43.9 Å². The van der Waals surface area contributed by atoms with Crippen molar-refractivity contribution >= 4 is 17.9 Å². The molecule has 14 heavy (non-hydrogen) atoms. The van der Waals surface area contributed by atoms with Gasteiger partial charge >= 0.3 is 72.1 Å². The van der Waals surface area contributed by atoms with E-state index in [0.717, 1.165) is 0 Å². The monoisotopic (exact) mass is 234 g/mol. The van der Waals surface area contributed by atoms with Gasteiger partial charge in [0.15, 0.2) is 5.60 Å². The SMILES string of the molecule is O=C(O)CC(O)(CC(=O)O)C(=O)O.[H+].[H+].[H-].[K+]. The Morgan fingerprint density at radius 1 is 1.07 bits per heavy atom. The van der Waals surface area contributed by atoms with E-state index in [1.54, 1.807) is 0 Å². The molecule has 76 valence electrons. The average molecular weight is 234 g/mol. The molecule has 0 atom stereocenters. The molecule has 0 spiro atoms. The van der Waals surface area contributed by atoms with Gasteiger partial charge in [-0.2, -0.15) is 0 Å². The van der Waals surface area contributed by atoms with Crippen LogP contribution >= 0.6 is 0 Å². The van der Waals surface area contributed by atoms with Gasteiger partial charge in [0.1, 0.15) is 0 Å². The molecule has 8 heteroatoms. The van der Waals surface area contributed by atoms with Crippen LogP contribution in [0.2, 0.25) is 0 Å². The van der Waals surface area contributed by atoms with E-state index in [0.29, 0.717) is 0 Å². The molecular formula is C6H11KO7+2. The zero-order valence-corrected chi connectivity index (χ0v) is 10.6. The second-order valence-corrected chi connectivity index (χ2v) is 2.48. The summed E-state index contributed by atoms with van der Waals surface area (Å²) in [4.78, 5) is 30.5. The van der Waals surface area contributed by atoms with Crippen molar-refractivity contribution in [2.45, 2.75) is 18.4 Å². The Labute approximate surface area is 126 Å². The van der Waals surface area contributed by atoms with Crippen molar-refractivity contribution in [2.24, 2.45) is 0 Å². The standard InChI is InChI=1S/C6H8O7.K.H/c7-3(8)1-6(13,5(11)12)2-4(9)10;;/h13H,1-2H2,(H,7,8)(H,9,10)(H,11,12);;/q;+1;-1/p+2. The Bertz CT molecular complexity index is 244. The molecule has 0 rings (SSSR count). The number of aliphatic hydroxyl groups is 1. The van der Waals surface area contributed by atoms with Gasteiger partial charge in [-0.05, 0) is 0 Å². The van der Waals surface area contributed by atoms with Gasteiger partial charge in [-0.15, -0.1) is 0 Å². The molecule has 0 saturated carbocycles. The third-order valence-electron chi connectivity index (χ3n) is 1.29. The number of hydrogen-bond donors (Lipinski definition) is 4. The normalized spacial score (nSPS) is 10.1. The van der Waals surface area contributed by atoms with Gasteiger partial charge in [0.2, 0.25) is 0 Å². The van der Waals surface area contributed by atoms with Crippen molar-refractivity contribution in [3.63, 3.8) is 0 Å². The number of hydrogen-bond acceptors (Lipinski definition) is 4. The van der Waals surface area contributed by atoms with E-state index in [9.17, 15) is 14.4 Å². The van der Waals surface area contributed by atoms with Crippen LogP contribution in [-0.2, 0) is 14.4 Å². The predicted octanol–water partition coefficient (Wildman–Crippen LogP) is -3.91. The van der Waals surface area contributed by atoms with E-state index >= 15 is 0 Å². The van der Waals surface area contributed by atoms with Crippen LogP contribution in [0.25, 0.3) is 0 Å². The molecule has 0 unspecified atom stereocenters. The van der Waals surface area contributed by atoms with Gasteiger partial charge in [0.25, 0.3) is 0 Å². The van der Waals surface area contributed by atoms with Crippen molar-refractivity contribution in [3.8, 4) is 0 Å². The van der Waals surface area contributed by atoms with E-state index < -0.39 is 36.4 Å². The maximum atomic E-state index is 10.3. The molecule has 0 aliphatic carbocycles. The van der Waals surface area contributed by atoms with Gasteiger partial charge in [-0.3, -0.25) is 9.59 Å². The van der Waals surface area contributed by atoms with E-state index in [-0.39, 0.29) is 55.7 Å². The molecule has 4 N–H and O–H groups in total. The van der Waals surface area contributed by atoms with E-state index in [4.69, 9.17) is 20.4 Å². The fraction of sp³-hybridized carbons (Fsp3) is 0.500. The molecule has 0 bridgehead atoms. The number of rotatable bonds is 5. The minimum absolute atomic E-state index is 0. The van der Waals surface area contributed by atoms with Gasteiger partial charge in [-0.25, -0.2) is 4.79 Å². The largest absolute Gasteiger partial charge is 1.00 e. The second-order valence-electron chi connectivity index (χ2n) is 2.48. The second kappa shape index (κ2) is 6.48. The Balaban J connectivity index is -0.000000120. The van der Waals surface area contributed by atoms with Crippen molar-refractivity contribution in [1.82, 2.24) is 0 Å². The Morgan fingerprint density at radius 2 is 1.36 bits per heavy atom. The first kappa shape index (κ1) is 16.4. The van der Waals surface area contributed by atoms with Crippen molar-refractivity contribution in [2.75, 3.05) is 0 Å². The Kier molecular flexibility index (Phi) is 7.61. The molecular weight excluding hydrogens is 223 g/mol. The molecule has 0 aromatic rings. The fourth-order valence-electron chi connectivity index (χ4n) is 0.714. The van der Waals surface area contributed by atoms with Crippen LogP contribution in [0, 0.1) is 0 Å². The van der Waals surface area contributed by atoms with Gasteiger partial charge in [0.05, 0.1) is 12.8 Å². The fourth-order valence-corrected chi connectivity index (χ4v) is 0.714. The summed E-state index contributed by atoms with van der Waals surface area (Å²) < 4.78 is 0. The molecule has 0 fully saturated rings. The zero-order valence-electron chi connectivity index (χ0n) is 10.4. The van der Waals surface area contributed by atoms with Crippen LogP contribution in [0.4, 0.5) is 0 Å². The van der Waals surface area contributed by atoms with Gasteiger partial charge < -0.3 is 21.9 Å². The Hall–Kier alpha value is 0.00636. The summed E-state index contributed by atoms with van der Waals surface area (Å²) in [5.74, 6) is -5.02. The van der Waals surface area contributed by atoms with E-state index in [2.05, 4.69) is 0 Å². The number of carbonyl (C=O) groups is 3. The van der Waals surface area contributed by atoms with Crippen molar-refractivity contribution in [3.05, 3.63) is 0 Å². The van der Waals surface area contributed by atoms with Crippen LogP contribution in [0.15, 0.2) is 0 Å². The number of aliphatic carboxylic acids is 3. The predicted molar refractivity (Wildman–Crippen MR) is 40.4 cm³/mol. The summed E-state index contributed by atoms with van der Waals surface area (Å²) in [5, 5.41) is 33.8. The van der Waals surface area contributed by atoms with Crippen molar-refractivity contribution in [1.29, 1.82) is 0 Å². The molecule has 0 radical (unpaired) electrons. The maximum Gasteiger partial charge on any atom is 1.00 e. The molecule has 0 aliphatic heterocycles. The maximum absolute atomic E-state index is 10.3.